The maximum Gasteiger partial charge on any atom is 0.263 e. The maximum absolute atomic E-state index is 12.4. The second-order valence-electron chi connectivity index (χ2n) is 6.09. The number of nitrogens with zero attached hydrogens (tertiary/aromatic N) is 1. The first kappa shape index (κ1) is 15.4. The number of ether oxygens (including phenoxy) is 1. The molecule has 0 spiro atoms. The zero-order valence-electron chi connectivity index (χ0n) is 13.1. The molecule has 124 valence electrons. The summed E-state index contributed by atoms with van der Waals surface area (Å²) in [4.78, 5) is 17.4. The maximum atomic E-state index is 12.4. The third-order valence-corrected chi connectivity index (χ3v) is 5.43. The molecule has 2 atom stereocenters. The summed E-state index contributed by atoms with van der Waals surface area (Å²) in [5.74, 6) is 0.970. The van der Waals surface area contributed by atoms with E-state index < -0.39 is 0 Å². The fraction of sp³-hybridized carbons (Fsp3) is 0.333. The number of aliphatic hydroxyl groups is 1. The van der Waals surface area contributed by atoms with E-state index in [4.69, 9.17) is 9.84 Å². The molecule has 1 aromatic heterocycles. The van der Waals surface area contributed by atoms with E-state index in [2.05, 4.69) is 16.4 Å². The van der Waals surface area contributed by atoms with Gasteiger partial charge in [-0.15, -0.1) is 11.3 Å². The topological polar surface area (TPSA) is 71.5 Å². The Labute approximate surface area is 144 Å². The average Bonchev–Trinajstić information content (AvgIpc) is 3.33. The molecule has 0 radical (unpaired) electrons. The number of benzene rings is 1. The van der Waals surface area contributed by atoms with Gasteiger partial charge in [-0.3, -0.25) is 4.79 Å². The number of hydrogen-bond donors (Lipinski definition) is 2. The Balaban J connectivity index is 1.46. The Morgan fingerprint density at radius 3 is 3.17 bits per heavy atom. The number of fused-ring (bicyclic) bond motifs is 1. The predicted molar refractivity (Wildman–Crippen MR) is 92.3 cm³/mol. The van der Waals surface area contributed by atoms with Crippen LogP contribution in [0.4, 0.5) is 0 Å². The number of aliphatic hydroxyl groups excluding tert-OH is 1. The molecular weight excluding hydrogens is 324 g/mol. The van der Waals surface area contributed by atoms with Gasteiger partial charge in [-0.05, 0) is 30.2 Å². The van der Waals surface area contributed by atoms with Crippen LogP contribution in [0.3, 0.4) is 0 Å². The smallest absolute Gasteiger partial charge is 0.263 e. The minimum atomic E-state index is -0.114. The van der Waals surface area contributed by atoms with Crippen LogP contribution in [0.1, 0.15) is 21.7 Å². The molecule has 5 nitrogen and oxygen atoms in total. The lowest BCUT2D eigenvalue weighted by molar-refractivity contribution is 0.0945. The van der Waals surface area contributed by atoms with Gasteiger partial charge in [0.25, 0.3) is 5.91 Å². The fourth-order valence-corrected chi connectivity index (χ4v) is 3.90. The highest BCUT2D eigenvalue weighted by Gasteiger charge is 2.21. The van der Waals surface area contributed by atoms with Gasteiger partial charge in [0.15, 0.2) is 0 Å². The quantitative estimate of drug-likeness (QED) is 0.837. The van der Waals surface area contributed by atoms with Crippen molar-refractivity contribution in [2.24, 2.45) is 5.92 Å². The van der Waals surface area contributed by atoms with Gasteiger partial charge < -0.3 is 15.2 Å². The Morgan fingerprint density at radius 2 is 2.33 bits per heavy atom. The lowest BCUT2D eigenvalue weighted by Crippen LogP contribution is -2.32. The number of rotatable bonds is 4. The van der Waals surface area contributed by atoms with Gasteiger partial charge in [-0.1, -0.05) is 12.2 Å². The molecular formula is C18H18N2O3S. The van der Waals surface area contributed by atoms with Crippen LogP contribution in [0.2, 0.25) is 0 Å². The van der Waals surface area contributed by atoms with Crippen molar-refractivity contribution in [1.82, 2.24) is 10.3 Å². The van der Waals surface area contributed by atoms with Gasteiger partial charge in [0.2, 0.25) is 0 Å². The summed E-state index contributed by atoms with van der Waals surface area (Å²) >= 11 is 1.39. The summed E-state index contributed by atoms with van der Waals surface area (Å²) in [5.41, 5.74) is 2.21. The zero-order chi connectivity index (χ0) is 16.5. The Kier molecular flexibility index (Phi) is 4.08. The van der Waals surface area contributed by atoms with Crippen LogP contribution in [0.25, 0.3) is 10.6 Å². The normalized spacial score (nSPS) is 21.5. The van der Waals surface area contributed by atoms with Gasteiger partial charge >= 0.3 is 0 Å². The van der Waals surface area contributed by atoms with Crippen molar-refractivity contribution in [1.29, 1.82) is 0 Å². The van der Waals surface area contributed by atoms with Crippen molar-refractivity contribution in [2.45, 2.75) is 18.9 Å². The molecule has 1 amide bonds. The minimum absolute atomic E-state index is 0.0163. The SMILES string of the molecule is O=C(N[C@@H]1C=C[C@H](CO)C1)c1cnc(-c2ccc3c(c2)CCO3)s1. The van der Waals surface area contributed by atoms with E-state index in [1.165, 1.54) is 16.9 Å². The van der Waals surface area contributed by atoms with Gasteiger partial charge in [0, 0.05) is 30.6 Å². The molecule has 2 aromatic rings. The number of nitrogens with one attached hydrogen (secondary N) is 1. The van der Waals surface area contributed by atoms with E-state index in [1.54, 1.807) is 6.20 Å². The first-order chi connectivity index (χ1) is 11.7. The van der Waals surface area contributed by atoms with E-state index in [1.807, 2.05) is 24.3 Å². The van der Waals surface area contributed by atoms with Crippen LogP contribution in [-0.2, 0) is 6.42 Å². The molecule has 1 aliphatic carbocycles. The third kappa shape index (κ3) is 2.95. The highest BCUT2D eigenvalue weighted by atomic mass is 32.1. The van der Waals surface area contributed by atoms with Gasteiger partial charge in [0.05, 0.1) is 12.8 Å². The molecule has 24 heavy (non-hydrogen) atoms. The van der Waals surface area contributed by atoms with Crippen LogP contribution >= 0.6 is 11.3 Å². The standard InChI is InChI=1S/C18H18N2O3S/c21-10-11-1-3-14(7-11)20-17(22)16-9-19-18(24-16)13-2-4-15-12(8-13)5-6-23-15/h1-4,8-9,11,14,21H,5-7,10H2,(H,20,22)/t11-,14+/m0/s1. The largest absolute Gasteiger partial charge is 0.493 e. The summed E-state index contributed by atoms with van der Waals surface area (Å²) in [6.07, 6.45) is 7.19. The number of hydrogen-bond acceptors (Lipinski definition) is 5. The molecule has 2 N–H and O–H groups in total. The van der Waals surface area contributed by atoms with Crippen LogP contribution < -0.4 is 10.1 Å². The number of carbonyl (C=O) groups excluding carboxylic acids is 1. The Hall–Kier alpha value is -2.18. The molecule has 0 saturated carbocycles. The molecule has 1 aromatic carbocycles. The zero-order valence-corrected chi connectivity index (χ0v) is 13.9. The van der Waals surface area contributed by atoms with Crippen molar-refractivity contribution >= 4 is 17.2 Å². The number of thiazole rings is 1. The second-order valence-corrected chi connectivity index (χ2v) is 7.12. The molecule has 6 heteroatoms. The summed E-state index contributed by atoms with van der Waals surface area (Å²) in [6, 6.07) is 6.03. The van der Waals surface area contributed by atoms with E-state index in [0.29, 0.717) is 4.88 Å². The van der Waals surface area contributed by atoms with E-state index in [0.717, 1.165) is 35.8 Å². The Bertz CT molecular complexity index is 799. The monoisotopic (exact) mass is 342 g/mol. The Morgan fingerprint density at radius 1 is 1.42 bits per heavy atom. The van der Waals surface area contributed by atoms with Crippen molar-refractivity contribution in [3.63, 3.8) is 0 Å². The van der Waals surface area contributed by atoms with Gasteiger partial charge in [0.1, 0.15) is 15.6 Å². The van der Waals surface area contributed by atoms with Crippen molar-refractivity contribution in [2.75, 3.05) is 13.2 Å². The fourth-order valence-electron chi connectivity index (χ4n) is 3.09. The molecule has 0 fully saturated rings. The summed E-state index contributed by atoms with van der Waals surface area (Å²) in [5, 5.41) is 13.0. The molecule has 0 unspecified atom stereocenters. The van der Waals surface area contributed by atoms with Crippen LogP contribution in [0.15, 0.2) is 36.5 Å². The number of aromatic nitrogens is 1. The molecule has 0 saturated heterocycles. The van der Waals surface area contributed by atoms with Crippen LogP contribution in [-0.4, -0.2) is 35.3 Å². The highest BCUT2D eigenvalue weighted by molar-refractivity contribution is 7.16. The number of amides is 1. The molecule has 2 aliphatic rings. The molecule has 4 rings (SSSR count). The van der Waals surface area contributed by atoms with E-state index in [9.17, 15) is 4.79 Å². The average molecular weight is 342 g/mol. The van der Waals surface area contributed by atoms with Crippen LogP contribution in [0.5, 0.6) is 5.75 Å². The summed E-state index contributed by atoms with van der Waals surface area (Å²) < 4.78 is 5.52. The predicted octanol–water partition coefficient (Wildman–Crippen LogP) is 2.41. The van der Waals surface area contributed by atoms with Gasteiger partial charge in [-0.2, -0.15) is 0 Å². The van der Waals surface area contributed by atoms with Crippen LogP contribution in [0, 0.1) is 5.92 Å². The van der Waals surface area contributed by atoms with Crippen molar-refractivity contribution < 1.29 is 14.6 Å². The van der Waals surface area contributed by atoms with Crippen molar-refractivity contribution in [3.05, 3.63) is 47.0 Å². The molecule has 1 aliphatic heterocycles. The summed E-state index contributed by atoms with van der Waals surface area (Å²) in [7, 11) is 0. The molecule has 0 bridgehead atoms. The first-order valence-electron chi connectivity index (χ1n) is 8.05. The first-order valence-corrected chi connectivity index (χ1v) is 8.86. The third-order valence-electron chi connectivity index (χ3n) is 4.39. The number of carbonyl (C=O) groups is 1. The van der Waals surface area contributed by atoms with Gasteiger partial charge in [-0.25, -0.2) is 4.98 Å². The lowest BCUT2D eigenvalue weighted by Gasteiger charge is -2.11. The van der Waals surface area contributed by atoms with E-state index in [-0.39, 0.29) is 24.5 Å². The highest BCUT2D eigenvalue weighted by Crippen LogP contribution is 2.32. The van der Waals surface area contributed by atoms with Crippen molar-refractivity contribution in [3.8, 4) is 16.3 Å². The minimum Gasteiger partial charge on any atom is -0.493 e. The second kappa shape index (κ2) is 6.37. The molecule has 2 heterocycles. The van der Waals surface area contributed by atoms with E-state index >= 15 is 0 Å². The lowest BCUT2D eigenvalue weighted by atomic mass is 10.1. The summed E-state index contributed by atoms with van der Waals surface area (Å²) in [6.45, 7) is 0.851.